The zero-order valence-corrected chi connectivity index (χ0v) is 21.2. The van der Waals surface area contributed by atoms with Gasteiger partial charge in [0.1, 0.15) is 6.10 Å². The molecule has 1 aromatic carbocycles. The maximum atomic E-state index is 12.6. The molecule has 190 valence electrons. The van der Waals surface area contributed by atoms with Gasteiger partial charge in [0.05, 0.1) is 36.1 Å². The fourth-order valence-corrected chi connectivity index (χ4v) is 5.84. The Kier molecular flexibility index (Phi) is 6.43. The lowest BCUT2D eigenvalue weighted by Crippen LogP contribution is -2.33. The van der Waals surface area contributed by atoms with Crippen molar-refractivity contribution in [2.24, 2.45) is 5.92 Å². The molecule has 2 aromatic heterocycles. The summed E-state index contributed by atoms with van der Waals surface area (Å²) in [6.45, 7) is 3.05. The summed E-state index contributed by atoms with van der Waals surface area (Å²) in [5.41, 5.74) is 4.17. The summed E-state index contributed by atoms with van der Waals surface area (Å²) in [6, 6.07) is 11.4. The summed E-state index contributed by atoms with van der Waals surface area (Å²) < 4.78 is 11.0. The molecule has 0 bridgehead atoms. The molecule has 0 aliphatic carbocycles. The van der Waals surface area contributed by atoms with E-state index in [1.165, 1.54) is 11.8 Å². The number of pyridine rings is 2. The number of ether oxygens (including phenoxy) is 2. The zero-order chi connectivity index (χ0) is 25.4. The summed E-state index contributed by atoms with van der Waals surface area (Å²) in [6.07, 6.45) is 6.66. The van der Waals surface area contributed by atoms with Crippen molar-refractivity contribution in [3.63, 3.8) is 0 Å². The molecule has 0 saturated carbocycles. The van der Waals surface area contributed by atoms with Crippen LogP contribution in [0.2, 0.25) is 0 Å². The normalized spacial score (nSPS) is 21.9. The van der Waals surface area contributed by atoms with E-state index >= 15 is 0 Å². The number of rotatable bonds is 6. The molecule has 3 aliphatic heterocycles. The molecule has 2 amide bonds. The van der Waals surface area contributed by atoms with Gasteiger partial charge < -0.3 is 14.8 Å². The monoisotopic (exact) mass is 517 g/mol. The van der Waals surface area contributed by atoms with Gasteiger partial charge in [0.2, 0.25) is 11.8 Å². The number of carbonyl (C=O) groups excluding carboxylic acids is 2. The number of hydrogen-bond acceptors (Lipinski definition) is 8. The van der Waals surface area contributed by atoms with Gasteiger partial charge in [-0.15, -0.1) is 11.8 Å². The van der Waals surface area contributed by atoms with Crippen LogP contribution >= 0.6 is 11.8 Å². The molecule has 0 spiro atoms. The van der Waals surface area contributed by atoms with Crippen molar-refractivity contribution in [3.05, 3.63) is 54.2 Å². The smallest absolute Gasteiger partial charge is 0.414 e. The highest BCUT2D eigenvalue weighted by Crippen LogP contribution is 2.35. The summed E-state index contributed by atoms with van der Waals surface area (Å²) >= 11 is 1.50. The van der Waals surface area contributed by atoms with Crippen LogP contribution in [-0.4, -0.2) is 72.0 Å². The molecule has 9 nitrogen and oxygen atoms in total. The Labute approximate surface area is 218 Å². The summed E-state index contributed by atoms with van der Waals surface area (Å²) in [5.74, 6) is 1.36. The Bertz CT molecular complexity index is 1400. The van der Waals surface area contributed by atoms with Gasteiger partial charge in [-0.3, -0.25) is 19.6 Å². The quantitative estimate of drug-likeness (QED) is 0.523. The van der Waals surface area contributed by atoms with Crippen molar-refractivity contribution in [2.45, 2.75) is 17.4 Å². The number of hydrogen-bond donors (Lipinski definition) is 1. The van der Waals surface area contributed by atoms with E-state index in [0.717, 1.165) is 52.4 Å². The first-order chi connectivity index (χ1) is 18.1. The largest absolute Gasteiger partial charge is 0.481 e. The van der Waals surface area contributed by atoms with Gasteiger partial charge in [0, 0.05) is 41.5 Å². The Morgan fingerprint density at radius 2 is 2.14 bits per heavy atom. The average Bonchev–Trinajstić information content (AvgIpc) is 3.52. The highest BCUT2D eigenvalue weighted by Gasteiger charge is 2.35. The number of carbonyl (C=O) groups is 2. The van der Waals surface area contributed by atoms with Crippen LogP contribution in [0.5, 0.6) is 5.88 Å². The molecule has 2 saturated heterocycles. The van der Waals surface area contributed by atoms with Crippen LogP contribution in [0.1, 0.15) is 12.0 Å². The maximum Gasteiger partial charge on any atom is 0.414 e. The number of benzene rings is 1. The third kappa shape index (κ3) is 4.99. The van der Waals surface area contributed by atoms with E-state index in [0.29, 0.717) is 30.6 Å². The number of nitrogens with one attached hydrogen (secondary N) is 1. The SMILES string of the molecule is COc1ccc2nccc(C=C[C@H]3CCN(C[C@@H]4CN(c5ccc6c(c5)NC(=O)CS6)C(=O)O4)C3)c2n1. The second-order valence-electron chi connectivity index (χ2n) is 9.42. The van der Waals surface area contributed by atoms with E-state index in [9.17, 15) is 9.59 Å². The van der Waals surface area contributed by atoms with E-state index in [1.54, 1.807) is 18.2 Å². The zero-order valence-electron chi connectivity index (χ0n) is 20.4. The van der Waals surface area contributed by atoms with E-state index in [1.807, 2.05) is 36.4 Å². The Hall–Kier alpha value is -3.63. The van der Waals surface area contributed by atoms with Gasteiger partial charge in [-0.05, 0) is 49.2 Å². The minimum Gasteiger partial charge on any atom is -0.481 e. The van der Waals surface area contributed by atoms with Crippen molar-refractivity contribution in [2.75, 3.05) is 49.3 Å². The Morgan fingerprint density at radius 3 is 3.03 bits per heavy atom. The number of methoxy groups -OCH3 is 1. The van der Waals surface area contributed by atoms with Crippen LogP contribution in [0.3, 0.4) is 0 Å². The standard InChI is InChI=1S/C27H27N5O4S/c1-35-25-7-5-21-26(30-25)18(8-10-28-21)3-2-17-9-11-31(13-17)14-20-15-32(27(34)36-20)19-4-6-23-22(12-19)29-24(33)16-37-23/h2-8,10,12,17,20H,9,11,13-16H2,1H3,(H,29,33)/t17-,20+/m0/s1. The molecule has 0 radical (unpaired) electrons. The molecule has 3 aliphatic rings. The van der Waals surface area contributed by atoms with Crippen LogP contribution in [-0.2, 0) is 9.53 Å². The van der Waals surface area contributed by atoms with Crippen LogP contribution in [0, 0.1) is 5.92 Å². The maximum absolute atomic E-state index is 12.6. The number of likely N-dealkylation sites (tertiary alicyclic amines) is 1. The second-order valence-corrected chi connectivity index (χ2v) is 10.4. The lowest BCUT2D eigenvalue weighted by molar-refractivity contribution is -0.113. The molecule has 2 fully saturated rings. The molecule has 0 unspecified atom stereocenters. The average molecular weight is 518 g/mol. The molecule has 10 heteroatoms. The number of anilines is 2. The molecular formula is C27H27N5O4S. The van der Waals surface area contributed by atoms with Gasteiger partial charge in [-0.1, -0.05) is 12.2 Å². The molecule has 3 aromatic rings. The van der Waals surface area contributed by atoms with E-state index in [-0.39, 0.29) is 18.1 Å². The highest BCUT2D eigenvalue weighted by atomic mass is 32.2. The molecule has 1 N–H and O–H groups in total. The molecule has 5 heterocycles. The van der Waals surface area contributed by atoms with Gasteiger partial charge in [0.15, 0.2) is 0 Å². The number of amides is 2. The topological polar surface area (TPSA) is 96.9 Å². The van der Waals surface area contributed by atoms with Crippen LogP contribution in [0.25, 0.3) is 17.1 Å². The van der Waals surface area contributed by atoms with Crippen LogP contribution < -0.4 is 15.0 Å². The minimum atomic E-state index is -0.345. The van der Waals surface area contributed by atoms with Crippen LogP contribution in [0.15, 0.2) is 53.6 Å². The number of nitrogens with zero attached hydrogens (tertiary/aromatic N) is 4. The van der Waals surface area contributed by atoms with Crippen molar-refractivity contribution < 1.29 is 19.1 Å². The van der Waals surface area contributed by atoms with Crippen molar-refractivity contribution in [1.82, 2.24) is 14.9 Å². The first-order valence-electron chi connectivity index (χ1n) is 12.3. The lowest BCUT2D eigenvalue weighted by atomic mass is 10.1. The number of fused-ring (bicyclic) bond motifs is 2. The molecule has 6 rings (SSSR count). The predicted molar refractivity (Wildman–Crippen MR) is 143 cm³/mol. The lowest BCUT2D eigenvalue weighted by Gasteiger charge is -2.20. The van der Waals surface area contributed by atoms with Gasteiger partial charge in [-0.2, -0.15) is 0 Å². The second kappa shape index (κ2) is 10.0. The van der Waals surface area contributed by atoms with Gasteiger partial charge >= 0.3 is 6.09 Å². The number of thioether (sulfide) groups is 1. The number of cyclic esters (lactones) is 1. The van der Waals surface area contributed by atoms with Crippen molar-refractivity contribution in [3.8, 4) is 5.88 Å². The fraction of sp³-hybridized carbons (Fsp3) is 0.333. The van der Waals surface area contributed by atoms with Crippen molar-refractivity contribution >= 4 is 52.2 Å². The fourth-order valence-electron chi connectivity index (χ4n) is 5.06. The van der Waals surface area contributed by atoms with Gasteiger partial charge in [0.25, 0.3) is 0 Å². The first kappa shape index (κ1) is 23.7. The van der Waals surface area contributed by atoms with E-state index in [2.05, 4.69) is 32.3 Å². The molecule has 2 atom stereocenters. The third-order valence-electron chi connectivity index (χ3n) is 6.90. The van der Waals surface area contributed by atoms with E-state index in [4.69, 9.17) is 9.47 Å². The minimum absolute atomic E-state index is 0.0257. The summed E-state index contributed by atoms with van der Waals surface area (Å²) in [4.78, 5) is 38.4. The third-order valence-corrected chi connectivity index (χ3v) is 7.97. The molecule has 37 heavy (non-hydrogen) atoms. The predicted octanol–water partition coefficient (Wildman–Crippen LogP) is 4.04. The Morgan fingerprint density at radius 1 is 1.22 bits per heavy atom. The summed E-state index contributed by atoms with van der Waals surface area (Å²) in [5, 5.41) is 2.89. The van der Waals surface area contributed by atoms with Crippen molar-refractivity contribution in [1.29, 1.82) is 0 Å². The Balaban J connectivity index is 1.07. The summed E-state index contributed by atoms with van der Waals surface area (Å²) in [7, 11) is 1.61. The molecular weight excluding hydrogens is 490 g/mol. The number of aromatic nitrogens is 2. The first-order valence-corrected chi connectivity index (χ1v) is 13.3. The van der Waals surface area contributed by atoms with E-state index < -0.39 is 0 Å². The van der Waals surface area contributed by atoms with Gasteiger partial charge in [-0.25, -0.2) is 9.78 Å². The highest BCUT2D eigenvalue weighted by molar-refractivity contribution is 8.00. The van der Waals surface area contributed by atoms with Crippen LogP contribution in [0.4, 0.5) is 16.2 Å².